The summed E-state index contributed by atoms with van der Waals surface area (Å²) in [5.41, 5.74) is 1.24. The van der Waals surface area contributed by atoms with Gasteiger partial charge in [0.1, 0.15) is 5.76 Å². The van der Waals surface area contributed by atoms with E-state index in [-0.39, 0.29) is 0 Å². The predicted octanol–water partition coefficient (Wildman–Crippen LogP) is 1.75. The van der Waals surface area contributed by atoms with E-state index in [2.05, 4.69) is 23.2 Å². The maximum Gasteiger partial charge on any atom is 0.118 e. The van der Waals surface area contributed by atoms with Gasteiger partial charge in [-0.3, -0.25) is 4.90 Å². The molecule has 2 saturated heterocycles. The van der Waals surface area contributed by atoms with Gasteiger partial charge in [0.2, 0.25) is 0 Å². The van der Waals surface area contributed by atoms with Crippen molar-refractivity contribution in [2.24, 2.45) is 0 Å². The number of hydrogen-bond donors (Lipinski definition) is 1. The molecule has 3 rings (SSSR count). The number of furan rings is 1. The molecule has 1 aromatic rings. The zero-order chi connectivity index (χ0) is 12.4. The summed E-state index contributed by atoms with van der Waals surface area (Å²) in [5.74, 6) is 1.07. The molecule has 2 bridgehead atoms. The molecule has 2 aliphatic rings. The van der Waals surface area contributed by atoms with Gasteiger partial charge in [-0.1, -0.05) is 6.92 Å². The van der Waals surface area contributed by atoms with Crippen molar-refractivity contribution < 1.29 is 9.15 Å². The first-order valence-corrected chi connectivity index (χ1v) is 6.98. The van der Waals surface area contributed by atoms with Crippen molar-refractivity contribution in [3.63, 3.8) is 0 Å². The molecule has 0 amide bonds. The van der Waals surface area contributed by atoms with Crippen LogP contribution in [0.15, 0.2) is 16.7 Å². The van der Waals surface area contributed by atoms with E-state index in [1.807, 2.05) is 6.26 Å². The van der Waals surface area contributed by atoms with Crippen LogP contribution in [0.2, 0.25) is 0 Å². The summed E-state index contributed by atoms with van der Waals surface area (Å²) in [6.07, 6.45) is 5.24. The Morgan fingerprint density at radius 1 is 1.33 bits per heavy atom. The number of fused-ring (bicyclic) bond motifs is 2. The van der Waals surface area contributed by atoms with E-state index in [0.29, 0.717) is 12.2 Å². The SMILES string of the molecule is CCNCc1coc(CN2CC3CCC(C2)O3)c1. The Morgan fingerprint density at radius 2 is 2.11 bits per heavy atom. The molecule has 0 saturated carbocycles. The third-order valence-electron chi connectivity index (χ3n) is 3.79. The average molecular weight is 250 g/mol. The van der Waals surface area contributed by atoms with Crippen molar-refractivity contribution in [3.8, 4) is 0 Å². The van der Waals surface area contributed by atoms with Gasteiger partial charge in [0.05, 0.1) is 25.0 Å². The molecule has 2 fully saturated rings. The van der Waals surface area contributed by atoms with Crippen molar-refractivity contribution in [1.82, 2.24) is 10.2 Å². The van der Waals surface area contributed by atoms with Gasteiger partial charge in [-0.25, -0.2) is 0 Å². The monoisotopic (exact) mass is 250 g/mol. The second-order valence-electron chi connectivity index (χ2n) is 5.35. The number of morpholine rings is 1. The second-order valence-corrected chi connectivity index (χ2v) is 5.35. The predicted molar refractivity (Wildman–Crippen MR) is 69.3 cm³/mol. The van der Waals surface area contributed by atoms with Gasteiger partial charge in [-0.2, -0.15) is 0 Å². The first-order chi connectivity index (χ1) is 8.83. The highest BCUT2D eigenvalue weighted by Crippen LogP contribution is 2.27. The van der Waals surface area contributed by atoms with Gasteiger partial charge in [0.15, 0.2) is 0 Å². The van der Waals surface area contributed by atoms with Crippen LogP contribution in [0.3, 0.4) is 0 Å². The van der Waals surface area contributed by atoms with Crippen molar-refractivity contribution in [2.45, 2.75) is 45.1 Å². The maximum atomic E-state index is 5.84. The van der Waals surface area contributed by atoms with Crippen LogP contribution in [-0.4, -0.2) is 36.7 Å². The molecular formula is C14H22N2O2. The molecule has 4 nitrogen and oxygen atoms in total. The highest BCUT2D eigenvalue weighted by Gasteiger charge is 2.33. The molecule has 2 unspecified atom stereocenters. The van der Waals surface area contributed by atoms with Gasteiger partial charge in [0.25, 0.3) is 0 Å². The first kappa shape index (κ1) is 12.2. The van der Waals surface area contributed by atoms with Gasteiger partial charge in [0, 0.05) is 25.2 Å². The van der Waals surface area contributed by atoms with E-state index < -0.39 is 0 Å². The third-order valence-corrected chi connectivity index (χ3v) is 3.79. The van der Waals surface area contributed by atoms with Gasteiger partial charge in [-0.05, 0) is 25.5 Å². The van der Waals surface area contributed by atoms with E-state index in [4.69, 9.17) is 9.15 Å². The van der Waals surface area contributed by atoms with E-state index in [9.17, 15) is 0 Å². The van der Waals surface area contributed by atoms with E-state index in [1.54, 1.807) is 0 Å². The molecule has 0 spiro atoms. The normalized spacial score (nSPS) is 27.8. The van der Waals surface area contributed by atoms with Crippen LogP contribution in [0.5, 0.6) is 0 Å². The molecule has 2 aliphatic heterocycles. The Kier molecular flexibility index (Phi) is 3.68. The van der Waals surface area contributed by atoms with Crippen LogP contribution < -0.4 is 5.32 Å². The Balaban J connectivity index is 1.54. The Hall–Kier alpha value is -0.840. The molecule has 100 valence electrons. The fourth-order valence-electron chi connectivity index (χ4n) is 2.92. The van der Waals surface area contributed by atoms with Crippen LogP contribution in [0.1, 0.15) is 31.1 Å². The molecule has 0 aromatic carbocycles. The quantitative estimate of drug-likeness (QED) is 0.864. The van der Waals surface area contributed by atoms with E-state index in [0.717, 1.165) is 38.5 Å². The van der Waals surface area contributed by atoms with Crippen molar-refractivity contribution in [3.05, 3.63) is 23.7 Å². The zero-order valence-electron chi connectivity index (χ0n) is 11.0. The number of rotatable bonds is 5. The largest absolute Gasteiger partial charge is 0.468 e. The number of nitrogens with zero attached hydrogens (tertiary/aromatic N) is 1. The summed E-state index contributed by atoms with van der Waals surface area (Å²) in [6, 6.07) is 2.17. The van der Waals surface area contributed by atoms with E-state index in [1.165, 1.54) is 18.4 Å². The molecule has 2 atom stereocenters. The highest BCUT2D eigenvalue weighted by molar-refractivity contribution is 5.12. The lowest BCUT2D eigenvalue weighted by molar-refractivity contribution is -0.0427. The molecule has 0 aliphatic carbocycles. The lowest BCUT2D eigenvalue weighted by atomic mass is 10.2. The van der Waals surface area contributed by atoms with Crippen LogP contribution in [0.25, 0.3) is 0 Å². The van der Waals surface area contributed by atoms with Crippen molar-refractivity contribution >= 4 is 0 Å². The van der Waals surface area contributed by atoms with Crippen LogP contribution in [0.4, 0.5) is 0 Å². The maximum absolute atomic E-state index is 5.84. The summed E-state index contributed by atoms with van der Waals surface area (Å²) in [6.45, 7) is 7.04. The molecule has 4 heteroatoms. The number of ether oxygens (including phenoxy) is 1. The summed E-state index contributed by atoms with van der Waals surface area (Å²) in [7, 11) is 0. The first-order valence-electron chi connectivity index (χ1n) is 6.98. The summed E-state index contributed by atoms with van der Waals surface area (Å²) >= 11 is 0. The Bertz CT molecular complexity index is 379. The number of hydrogen-bond acceptors (Lipinski definition) is 4. The van der Waals surface area contributed by atoms with Crippen LogP contribution >= 0.6 is 0 Å². The fourth-order valence-corrected chi connectivity index (χ4v) is 2.92. The second kappa shape index (κ2) is 5.43. The lowest BCUT2D eigenvalue weighted by Crippen LogP contribution is -2.41. The van der Waals surface area contributed by atoms with Crippen LogP contribution in [-0.2, 0) is 17.8 Å². The molecule has 3 heterocycles. The molecule has 18 heavy (non-hydrogen) atoms. The zero-order valence-corrected chi connectivity index (χ0v) is 11.0. The smallest absolute Gasteiger partial charge is 0.118 e. The topological polar surface area (TPSA) is 37.6 Å². The summed E-state index contributed by atoms with van der Waals surface area (Å²) in [5, 5.41) is 3.31. The van der Waals surface area contributed by atoms with Crippen LogP contribution in [0, 0.1) is 0 Å². The minimum Gasteiger partial charge on any atom is -0.468 e. The molecule has 1 N–H and O–H groups in total. The number of nitrogens with one attached hydrogen (secondary N) is 1. The Labute approximate surface area is 108 Å². The van der Waals surface area contributed by atoms with E-state index >= 15 is 0 Å². The summed E-state index contributed by atoms with van der Waals surface area (Å²) < 4.78 is 11.5. The van der Waals surface area contributed by atoms with Gasteiger partial charge < -0.3 is 14.5 Å². The lowest BCUT2D eigenvalue weighted by Gasteiger charge is -2.31. The number of likely N-dealkylation sites (tertiary alicyclic amines) is 1. The standard InChI is InChI=1S/C14H22N2O2/c1-2-15-6-11-5-14(17-10-11)9-16-7-12-3-4-13(8-16)18-12/h5,10,12-13,15H,2-4,6-9H2,1H3. The fraction of sp³-hybridized carbons (Fsp3) is 0.714. The third kappa shape index (κ3) is 2.76. The van der Waals surface area contributed by atoms with Gasteiger partial charge in [-0.15, -0.1) is 0 Å². The van der Waals surface area contributed by atoms with Gasteiger partial charge >= 0.3 is 0 Å². The molecule has 0 radical (unpaired) electrons. The van der Waals surface area contributed by atoms with Crippen molar-refractivity contribution in [2.75, 3.05) is 19.6 Å². The molecule has 1 aromatic heterocycles. The molecular weight excluding hydrogens is 228 g/mol. The summed E-state index contributed by atoms with van der Waals surface area (Å²) in [4.78, 5) is 2.46. The average Bonchev–Trinajstić information content (AvgIpc) is 2.94. The van der Waals surface area contributed by atoms with Crippen molar-refractivity contribution in [1.29, 1.82) is 0 Å². The minimum atomic E-state index is 0.458. The highest BCUT2D eigenvalue weighted by atomic mass is 16.5. The minimum absolute atomic E-state index is 0.458. The Morgan fingerprint density at radius 3 is 2.83 bits per heavy atom.